The second-order valence-corrected chi connectivity index (χ2v) is 5.41. The molecule has 1 N–H and O–H groups in total. The van der Waals surface area contributed by atoms with Crippen LogP contribution in [0.1, 0.15) is 38.8 Å². The summed E-state index contributed by atoms with van der Waals surface area (Å²) < 4.78 is 1.96. The summed E-state index contributed by atoms with van der Waals surface area (Å²) in [5.41, 5.74) is 3.09. The molecule has 2 rings (SSSR count). The number of carbonyl (C=O) groups excluding carboxylic acids is 1. The Morgan fingerprint density at radius 3 is 2.95 bits per heavy atom. The van der Waals surface area contributed by atoms with Gasteiger partial charge >= 0.3 is 6.03 Å². The van der Waals surface area contributed by atoms with E-state index in [1.54, 1.807) is 6.20 Å². The van der Waals surface area contributed by atoms with Gasteiger partial charge in [-0.1, -0.05) is 25.0 Å². The van der Waals surface area contributed by atoms with Crippen LogP contribution >= 0.6 is 0 Å². The standard InChI is InChI=1S/C15H24N4O/c1-4-5-9-19-13(3)14(10-16-19)17-15(20)18-8-6-7-12(2)11-18/h7,10H,4-6,8-9,11H2,1-3H3,(H,17,20). The third kappa shape index (κ3) is 3.40. The maximum Gasteiger partial charge on any atom is 0.322 e. The van der Waals surface area contributed by atoms with Gasteiger partial charge in [0.25, 0.3) is 0 Å². The zero-order chi connectivity index (χ0) is 14.5. The fourth-order valence-corrected chi connectivity index (χ4v) is 2.38. The Morgan fingerprint density at radius 2 is 2.25 bits per heavy atom. The van der Waals surface area contributed by atoms with Crippen LogP contribution in [-0.2, 0) is 6.54 Å². The molecule has 5 nitrogen and oxygen atoms in total. The molecule has 1 aliphatic heterocycles. The number of aromatic nitrogens is 2. The van der Waals surface area contributed by atoms with Crippen LogP contribution in [-0.4, -0.2) is 33.8 Å². The number of hydrogen-bond acceptors (Lipinski definition) is 2. The van der Waals surface area contributed by atoms with Crippen molar-refractivity contribution in [2.75, 3.05) is 18.4 Å². The minimum absolute atomic E-state index is 0.0319. The molecule has 2 amide bonds. The van der Waals surface area contributed by atoms with E-state index in [1.165, 1.54) is 5.57 Å². The highest BCUT2D eigenvalue weighted by molar-refractivity contribution is 5.90. The van der Waals surface area contributed by atoms with E-state index in [4.69, 9.17) is 0 Å². The van der Waals surface area contributed by atoms with Gasteiger partial charge in [0, 0.05) is 19.6 Å². The number of nitrogens with one attached hydrogen (secondary N) is 1. The van der Waals surface area contributed by atoms with E-state index in [-0.39, 0.29) is 6.03 Å². The summed E-state index contributed by atoms with van der Waals surface area (Å²) in [6, 6.07) is -0.0319. The lowest BCUT2D eigenvalue weighted by Gasteiger charge is -2.26. The predicted molar refractivity (Wildman–Crippen MR) is 80.8 cm³/mol. The second kappa shape index (κ2) is 6.59. The van der Waals surface area contributed by atoms with E-state index < -0.39 is 0 Å². The molecule has 0 radical (unpaired) electrons. The number of unbranched alkanes of at least 4 members (excludes halogenated alkanes) is 1. The van der Waals surface area contributed by atoms with E-state index in [0.29, 0.717) is 0 Å². The highest BCUT2D eigenvalue weighted by Gasteiger charge is 2.18. The number of amides is 2. The molecule has 0 saturated heterocycles. The summed E-state index contributed by atoms with van der Waals surface area (Å²) in [5, 5.41) is 7.31. The van der Waals surface area contributed by atoms with Crippen LogP contribution in [0.5, 0.6) is 0 Å². The topological polar surface area (TPSA) is 50.2 Å². The van der Waals surface area contributed by atoms with Gasteiger partial charge in [-0.25, -0.2) is 4.79 Å². The number of nitrogens with zero attached hydrogens (tertiary/aromatic N) is 3. The Kier molecular flexibility index (Phi) is 4.82. The van der Waals surface area contributed by atoms with Gasteiger partial charge in [-0.15, -0.1) is 0 Å². The monoisotopic (exact) mass is 276 g/mol. The molecule has 0 bridgehead atoms. The van der Waals surface area contributed by atoms with Crippen LogP contribution in [0.3, 0.4) is 0 Å². The van der Waals surface area contributed by atoms with Crippen molar-refractivity contribution in [1.29, 1.82) is 0 Å². The van der Waals surface area contributed by atoms with Crippen LogP contribution in [0.25, 0.3) is 0 Å². The molecule has 0 fully saturated rings. The number of rotatable bonds is 4. The van der Waals surface area contributed by atoms with Crippen molar-refractivity contribution in [3.05, 3.63) is 23.5 Å². The first-order valence-electron chi connectivity index (χ1n) is 7.35. The lowest BCUT2D eigenvalue weighted by atomic mass is 10.1. The normalized spacial score (nSPS) is 15.2. The van der Waals surface area contributed by atoms with Gasteiger partial charge in [0.1, 0.15) is 0 Å². The first-order valence-corrected chi connectivity index (χ1v) is 7.35. The van der Waals surface area contributed by atoms with Crippen molar-refractivity contribution < 1.29 is 4.79 Å². The molecular formula is C15H24N4O. The van der Waals surface area contributed by atoms with Crippen LogP contribution in [0.4, 0.5) is 10.5 Å². The van der Waals surface area contributed by atoms with E-state index in [0.717, 1.165) is 50.3 Å². The molecule has 2 heterocycles. The molecule has 1 aromatic rings. The average Bonchev–Trinajstić information content (AvgIpc) is 2.77. The molecule has 5 heteroatoms. The minimum Gasteiger partial charge on any atom is -0.320 e. The van der Waals surface area contributed by atoms with Crippen molar-refractivity contribution in [2.24, 2.45) is 0 Å². The summed E-state index contributed by atoms with van der Waals surface area (Å²) >= 11 is 0. The molecule has 0 aliphatic carbocycles. The van der Waals surface area contributed by atoms with Gasteiger partial charge in [-0.3, -0.25) is 4.68 Å². The average molecular weight is 276 g/mol. The summed E-state index contributed by atoms with van der Waals surface area (Å²) in [5.74, 6) is 0. The molecule has 0 saturated carbocycles. The van der Waals surface area contributed by atoms with Crippen molar-refractivity contribution in [2.45, 2.75) is 46.6 Å². The van der Waals surface area contributed by atoms with Gasteiger partial charge in [-0.05, 0) is 26.7 Å². The molecule has 110 valence electrons. The summed E-state index contributed by atoms with van der Waals surface area (Å²) in [4.78, 5) is 14.1. The van der Waals surface area contributed by atoms with Crippen molar-refractivity contribution >= 4 is 11.7 Å². The second-order valence-electron chi connectivity index (χ2n) is 5.41. The Balaban J connectivity index is 1.97. The summed E-state index contributed by atoms with van der Waals surface area (Å²) in [7, 11) is 0. The van der Waals surface area contributed by atoms with Gasteiger partial charge < -0.3 is 10.2 Å². The minimum atomic E-state index is -0.0319. The van der Waals surface area contributed by atoms with Crippen LogP contribution in [0.2, 0.25) is 0 Å². The van der Waals surface area contributed by atoms with E-state index in [1.807, 2.05) is 16.5 Å². The number of hydrogen-bond donors (Lipinski definition) is 1. The van der Waals surface area contributed by atoms with Crippen molar-refractivity contribution in [3.8, 4) is 0 Å². The molecule has 0 spiro atoms. The molecule has 0 unspecified atom stereocenters. The smallest absolute Gasteiger partial charge is 0.320 e. The van der Waals surface area contributed by atoms with Crippen molar-refractivity contribution in [1.82, 2.24) is 14.7 Å². The fourth-order valence-electron chi connectivity index (χ4n) is 2.38. The molecule has 1 aromatic heterocycles. The Bertz CT molecular complexity index is 504. The van der Waals surface area contributed by atoms with Crippen molar-refractivity contribution in [3.63, 3.8) is 0 Å². The number of anilines is 1. The Labute approximate surface area is 120 Å². The zero-order valence-corrected chi connectivity index (χ0v) is 12.6. The number of urea groups is 1. The first kappa shape index (κ1) is 14.6. The number of aryl methyl sites for hydroxylation is 1. The van der Waals surface area contributed by atoms with Gasteiger partial charge in [-0.2, -0.15) is 5.10 Å². The Morgan fingerprint density at radius 1 is 1.45 bits per heavy atom. The molecule has 20 heavy (non-hydrogen) atoms. The molecule has 1 aliphatic rings. The van der Waals surface area contributed by atoms with Gasteiger partial charge in [0.05, 0.1) is 17.6 Å². The van der Waals surface area contributed by atoms with Crippen LogP contribution < -0.4 is 5.32 Å². The predicted octanol–water partition coefficient (Wildman–Crippen LogP) is 3.18. The highest BCUT2D eigenvalue weighted by Crippen LogP contribution is 2.16. The lowest BCUT2D eigenvalue weighted by molar-refractivity contribution is 0.215. The Hall–Kier alpha value is -1.78. The quantitative estimate of drug-likeness (QED) is 0.859. The maximum atomic E-state index is 12.2. The van der Waals surface area contributed by atoms with E-state index in [2.05, 4.69) is 30.3 Å². The fraction of sp³-hybridized carbons (Fsp3) is 0.600. The highest BCUT2D eigenvalue weighted by atomic mass is 16.2. The molecule has 0 atom stereocenters. The summed E-state index contributed by atoms with van der Waals surface area (Å²) in [6.07, 6.45) is 7.12. The molecule has 0 aromatic carbocycles. The zero-order valence-electron chi connectivity index (χ0n) is 12.6. The maximum absolute atomic E-state index is 12.2. The van der Waals surface area contributed by atoms with Gasteiger partial charge in [0.15, 0.2) is 0 Å². The van der Waals surface area contributed by atoms with E-state index in [9.17, 15) is 4.79 Å². The third-order valence-electron chi connectivity index (χ3n) is 3.69. The van der Waals surface area contributed by atoms with E-state index >= 15 is 0 Å². The largest absolute Gasteiger partial charge is 0.322 e. The number of carbonyl (C=O) groups is 1. The van der Waals surface area contributed by atoms with Crippen LogP contribution in [0, 0.1) is 6.92 Å². The summed E-state index contributed by atoms with van der Waals surface area (Å²) in [6.45, 7) is 8.63. The first-order chi connectivity index (χ1) is 9.61. The lowest BCUT2D eigenvalue weighted by Crippen LogP contribution is -2.38. The van der Waals surface area contributed by atoms with Crippen LogP contribution in [0.15, 0.2) is 17.8 Å². The third-order valence-corrected chi connectivity index (χ3v) is 3.69. The van der Waals surface area contributed by atoms with Gasteiger partial charge in [0.2, 0.25) is 0 Å². The molecular weight excluding hydrogens is 252 g/mol. The SMILES string of the molecule is CCCCn1ncc(NC(=O)N2CCC=C(C)C2)c1C.